The van der Waals surface area contributed by atoms with Crippen LogP contribution in [0.5, 0.6) is 17.2 Å². The Bertz CT molecular complexity index is 995. The van der Waals surface area contributed by atoms with Gasteiger partial charge < -0.3 is 23.8 Å². The van der Waals surface area contributed by atoms with Gasteiger partial charge in [0.15, 0.2) is 11.5 Å². The number of hydrogen-bond acceptors (Lipinski definition) is 7. The van der Waals surface area contributed by atoms with Crippen LogP contribution >= 0.6 is 0 Å². The van der Waals surface area contributed by atoms with Gasteiger partial charge in [0.1, 0.15) is 6.67 Å². The summed E-state index contributed by atoms with van der Waals surface area (Å²) >= 11 is 0. The van der Waals surface area contributed by atoms with E-state index in [2.05, 4.69) is 0 Å². The average Bonchev–Trinajstić information content (AvgIpc) is 3.25. The summed E-state index contributed by atoms with van der Waals surface area (Å²) in [4.78, 5) is 41.0. The molecule has 0 bridgehead atoms. The highest BCUT2D eigenvalue weighted by atomic mass is 16.5. The molecule has 33 heavy (non-hydrogen) atoms. The third-order valence-corrected chi connectivity index (χ3v) is 5.33. The quantitative estimate of drug-likeness (QED) is 0.535. The standard InChI is InChI=1S/C24H28N2O7/c1-5-33-24(29)16-8-10-18(11-9-16)26(15-25-12-6-7-21(25)27)23(28)17-13-19(30-2)22(32-4)20(14-17)31-3/h8-11,13-14H,5-7,12,15H2,1-4H3. The topological polar surface area (TPSA) is 94.6 Å². The largest absolute Gasteiger partial charge is 0.493 e. The van der Waals surface area contributed by atoms with Crippen molar-refractivity contribution in [3.05, 3.63) is 47.5 Å². The van der Waals surface area contributed by atoms with Crippen LogP contribution in [0.4, 0.5) is 5.69 Å². The number of hydrogen-bond donors (Lipinski definition) is 0. The molecule has 1 saturated heterocycles. The van der Waals surface area contributed by atoms with Gasteiger partial charge in [-0.15, -0.1) is 0 Å². The van der Waals surface area contributed by atoms with Crippen molar-refractivity contribution in [3.8, 4) is 17.2 Å². The molecule has 2 aromatic carbocycles. The second-order valence-electron chi connectivity index (χ2n) is 7.32. The van der Waals surface area contributed by atoms with Crippen molar-refractivity contribution in [1.29, 1.82) is 0 Å². The lowest BCUT2D eigenvalue weighted by Gasteiger charge is -2.28. The predicted molar refractivity (Wildman–Crippen MR) is 121 cm³/mol. The second-order valence-corrected chi connectivity index (χ2v) is 7.32. The van der Waals surface area contributed by atoms with E-state index >= 15 is 0 Å². The monoisotopic (exact) mass is 456 g/mol. The van der Waals surface area contributed by atoms with Crippen molar-refractivity contribution < 1.29 is 33.3 Å². The molecule has 3 rings (SSSR count). The molecule has 0 aliphatic carbocycles. The van der Waals surface area contributed by atoms with Gasteiger partial charge >= 0.3 is 5.97 Å². The number of methoxy groups -OCH3 is 3. The number of rotatable bonds is 9. The summed E-state index contributed by atoms with van der Waals surface area (Å²) in [6, 6.07) is 9.62. The maximum Gasteiger partial charge on any atom is 0.338 e. The van der Waals surface area contributed by atoms with Gasteiger partial charge in [-0.05, 0) is 49.7 Å². The fourth-order valence-corrected chi connectivity index (χ4v) is 3.64. The summed E-state index contributed by atoms with van der Waals surface area (Å²) in [7, 11) is 4.43. The Hall–Kier alpha value is -3.75. The molecule has 2 aromatic rings. The number of carbonyl (C=O) groups is 3. The number of benzene rings is 2. The molecular formula is C24H28N2O7. The van der Waals surface area contributed by atoms with E-state index in [1.807, 2.05) is 0 Å². The molecule has 0 atom stereocenters. The fourth-order valence-electron chi connectivity index (χ4n) is 3.64. The van der Waals surface area contributed by atoms with Crippen molar-refractivity contribution in [2.24, 2.45) is 0 Å². The molecule has 1 aliphatic heterocycles. The number of anilines is 1. The van der Waals surface area contributed by atoms with Crippen molar-refractivity contribution in [3.63, 3.8) is 0 Å². The van der Waals surface area contributed by atoms with Crippen LogP contribution in [0.3, 0.4) is 0 Å². The van der Waals surface area contributed by atoms with Gasteiger partial charge in [0.2, 0.25) is 11.7 Å². The van der Waals surface area contributed by atoms with E-state index < -0.39 is 5.97 Å². The fraction of sp³-hybridized carbons (Fsp3) is 0.375. The smallest absolute Gasteiger partial charge is 0.338 e. The van der Waals surface area contributed by atoms with Crippen molar-refractivity contribution >= 4 is 23.5 Å². The zero-order valence-electron chi connectivity index (χ0n) is 19.3. The van der Waals surface area contributed by atoms with E-state index in [1.165, 1.54) is 26.2 Å². The van der Waals surface area contributed by atoms with Crippen LogP contribution in [-0.2, 0) is 9.53 Å². The zero-order chi connectivity index (χ0) is 24.0. The molecule has 1 aliphatic rings. The normalized spacial score (nSPS) is 13.0. The molecule has 0 N–H and O–H groups in total. The molecule has 0 saturated carbocycles. The van der Waals surface area contributed by atoms with Crippen LogP contribution in [0.15, 0.2) is 36.4 Å². The van der Waals surface area contributed by atoms with Crippen LogP contribution in [-0.4, -0.2) is 63.8 Å². The van der Waals surface area contributed by atoms with E-state index in [4.69, 9.17) is 18.9 Å². The average molecular weight is 456 g/mol. The molecule has 2 amide bonds. The lowest BCUT2D eigenvalue weighted by Crippen LogP contribution is -2.42. The summed E-state index contributed by atoms with van der Waals surface area (Å²) in [6.45, 7) is 2.65. The Morgan fingerprint density at radius 3 is 2.09 bits per heavy atom. The third-order valence-electron chi connectivity index (χ3n) is 5.33. The van der Waals surface area contributed by atoms with Crippen LogP contribution < -0.4 is 19.1 Å². The van der Waals surface area contributed by atoms with E-state index in [0.717, 1.165) is 6.42 Å². The minimum absolute atomic E-state index is 0.0131. The van der Waals surface area contributed by atoms with E-state index in [9.17, 15) is 14.4 Å². The molecule has 0 unspecified atom stereocenters. The molecule has 9 heteroatoms. The number of ether oxygens (including phenoxy) is 4. The lowest BCUT2D eigenvalue weighted by atomic mass is 10.1. The molecule has 0 radical (unpaired) electrons. The Kier molecular flexibility index (Phi) is 7.76. The van der Waals surface area contributed by atoms with Crippen molar-refractivity contribution in [2.45, 2.75) is 19.8 Å². The summed E-state index contributed by atoms with van der Waals surface area (Å²) in [6.07, 6.45) is 1.20. The number of esters is 1. The maximum atomic E-state index is 13.6. The van der Waals surface area contributed by atoms with Gasteiger partial charge in [0.25, 0.3) is 5.91 Å². The minimum atomic E-state index is -0.443. The highest BCUT2D eigenvalue weighted by molar-refractivity contribution is 6.07. The zero-order valence-corrected chi connectivity index (χ0v) is 19.3. The number of likely N-dealkylation sites (tertiary alicyclic amines) is 1. The molecule has 0 spiro atoms. The van der Waals surface area contributed by atoms with E-state index in [1.54, 1.807) is 48.2 Å². The first-order valence-corrected chi connectivity index (χ1v) is 10.6. The molecule has 176 valence electrons. The SMILES string of the molecule is CCOC(=O)c1ccc(N(CN2CCCC2=O)C(=O)c2cc(OC)c(OC)c(OC)c2)cc1. The summed E-state index contributed by atoms with van der Waals surface area (Å²) < 4.78 is 21.1. The summed E-state index contributed by atoms with van der Waals surface area (Å²) in [5, 5.41) is 0. The van der Waals surface area contributed by atoms with Gasteiger partial charge in [-0.2, -0.15) is 0 Å². The van der Waals surface area contributed by atoms with E-state index in [0.29, 0.717) is 47.0 Å². The highest BCUT2D eigenvalue weighted by Crippen LogP contribution is 2.38. The first-order valence-electron chi connectivity index (χ1n) is 10.6. The van der Waals surface area contributed by atoms with Crippen LogP contribution in [0, 0.1) is 0 Å². The van der Waals surface area contributed by atoms with Crippen molar-refractivity contribution in [1.82, 2.24) is 4.90 Å². The maximum absolute atomic E-state index is 13.6. The second kappa shape index (κ2) is 10.7. The van der Waals surface area contributed by atoms with Gasteiger partial charge in [0, 0.05) is 24.2 Å². The van der Waals surface area contributed by atoms with E-state index in [-0.39, 0.29) is 25.1 Å². The number of nitrogens with zero attached hydrogens (tertiary/aromatic N) is 2. The number of amides is 2. The molecule has 0 aromatic heterocycles. The van der Waals surface area contributed by atoms with Gasteiger partial charge in [0.05, 0.1) is 33.5 Å². The highest BCUT2D eigenvalue weighted by Gasteiger charge is 2.28. The Labute approximate surface area is 192 Å². The Morgan fingerprint density at radius 2 is 1.61 bits per heavy atom. The lowest BCUT2D eigenvalue weighted by molar-refractivity contribution is -0.127. The first-order chi connectivity index (χ1) is 15.9. The minimum Gasteiger partial charge on any atom is -0.493 e. The molecule has 1 heterocycles. The van der Waals surface area contributed by atoms with Crippen LogP contribution in [0.2, 0.25) is 0 Å². The first kappa shape index (κ1) is 23.9. The van der Waals surface area contributed by atoms with Crippen LogP contribution in [0.1, 0.15) is 40.5 Å². The van der Waals surface area contributed by atoms with Gasteiger partial charge in [-0.3, -0.25) is 14.5 Å². The third kappa shape index (κ3) is 5.19. The van der Waals surface area contributed by atoms with Gasteiger partial charge in [-0.1, -0.05) is 0 Å². The summed E-state index contributed by atoms with van der Waals surface area (Å²) in [5.41, 5.74) is 1.20. The molecule has 9 nitrogen and oxygen atoms in total. The van der Waals surface area contributed by atoms with Crippen LogP contribution in [0.25, 0.3) is 0 Å². The van der Waals surface area contributed by atoms with Crippen molar-refractivity contribution in [2.75, 3.05) is 46.0 Å². The molecule has 1 fully saturated rings. The van der Waals surface area contributed by atoms with Gasteiger partial charge in [-0.25, -0.2) is 4.79 Å². The summed E-state index contributed by atoms with van der Waals surface area (Å²) in [5.74, 6) is 0.238. The predicted octanol–water partition coefficient (Wildman–Crippen LogP) is 3.12. The number of carbonyl (C=O) groups excluding carboxylic acids is 3. The Morgan fingerprint density at radius 1 is 0.970 bits per heavy atom. The molecular weight excluding hydrogens is 428 g/mol. The Balaban J connectivity index is 2.00.